The number of sulfone groups is 1. The lowest BCUT2D eigenvalue weighted by atomic mass is 10.2. The summed E-state index contributed by atoms with van der Waals surface area (Å²) in [6.45, 7) is 0. The lowest BCUT2D eigenvalue weighted by Crippen LogP contribution is -2.36. The molecule has 7 nitrogen and oxygen atoms in total. The summed E-state index contributed by atoms with van der Waals surface area (Å²) in [5, 5.41) is 6.98. The molecule has 1 N–H and O–H groups in total. The van der Waals surface area contributed by atoms with Gasteiger partial charge in [0.15, 0.2) is 21.3 Å². The van der Waals surface area contributed by atoms with Gasteiger partial charge in [0.1, 0.15) is 0 Å². The average molecular weight is 335 g/mol. The zero-order chi connectivity index (χ0) is 16.4. The average Bonchev–Trinajstić information content (AvgIpc) is 3.11. The molecule has 122 valence electrons. The Balaban J connectivity index is 1.82. The third kappa shape index (κ3) is 3.37. The normalized spacial score (nSPS) is 19.4. The molecule has 2 heterocycles. The van der Waals surface area contributed by atoms with Crippen molar-refractivity contribution in [2.45, 2.75) is 12.5 Å². The van der Waals surface area contributed by atoms with Crippen molar-refractivity contribution < 1.29 is 17.9 Å². The van der Waals surface area contributed by atoms with Crippen LogP contribution in [0.2, 0.25) is 0 Å². The van der Waals surface area contributed by atoms with E-state index in [0.717, 1.165) is 5.69 Å². The van der Waals surface area contributed by atoms with E-state index in [2.05, 4.69) is 10.4 Å². The maximum atomic E-state index is 12.4. The van der Waals surface area contributed by atoms with Crippen LogP contribution in [0.1, 0.15) is 16.9 Å². The zero-order valence-corrected chi connectivity index (χ0v) is 13.4. The Morgan fingerprint density at radius 3 is 2.70 bits per heavy atom. The lowest BCUT2D eigenvalue weighted by molar-refractivity contribution is 0.0932. The van der Waals surface area contributed by atoms with E-state index in [1.807, 2.05) is 30.3 Å². The van der Waals surface area contributed by atoms with E-state index in [4.69, 9.17) is 4.74 Å². The number of rotatable bonds is 4. The van der Waals surface area contributed by atoms with Crippen molar-refractivity contribution >= 4 is 15.7 Å². The predicted molar refractivity (Wildman–Crippen MR) is 84.6 cm³/mol. The van der Waals surface area contributed by atoms with Gasteiger partial charge in [0, 0.05) is 6.04 Å². The van der Waals surface area contributed by atoms with E-state index >= 15 is 0 Å². The molecule has 0 aliphatic carbocycles. The number of amides is 1. The fourth-order valence-corrected chi connectivity index (χ4v) is 4.21. The van der Waals surface area contributed by atoms with Gasteiger partial charge in [-0.3, -0.25) is 4.79 Å². The van der Waals surface area contributed by atoms with E-state index in [1.54, 1.807) is 10.9 Å². The minimum atomic E-state index is -3.05. The van der Waals surface area contributed by atoms with Crippen LogP contribution < -0.4 is 10.1 Å². The van der Waals surface area contributed by atoms with Gasteiger partial charge in [-0.05, 0) is 18.6 Å². The van der Waals surface area contributed by atoms with E-state index in [0.29, 0.717) is 12.2 Å². The van der Waals surface area contributed by atoms with Crippen LogP contribution >= 0.6 is 0 Å². The fraction of sp³-hybridized carbons (Fsp3) is 0.333. The lowest BCUT2D eigenvalue weighted by Gasteiger charge is -2.09. The summed E-state index contributed by atoms with van der Waals surface area (Å²) in [4.78, 5) is 12.4. The monoisotopic (exact) mass is 335 g/mol. The second-order valence-electron chi connectivity index (χ2n) is 5.40. The molecule has 23 heavy (non-hydrogen) atoms. The van der Waals surface area contributed by atoms with Crippen LogP contribution in [-0.2, 0) is 9.84 Å². The quantitative estimate of drug-likeness (QED) is 0.892. The summed E-state index contributed by atoms with van der Waals surface area (Å²) >= 11 is 0. The largest absolute Gasteiger partial charge is 0.493 e. The third-order valence-corrected chi connectivity index (χ3v) is 5.47. The van der Waals surface area contributed by atoms with Crippen LogP contribution in [0, 0.1) is 0 Å². The van der Waals surface area contributed by atoms with Gasteiger partial charge in [-0.15, -0.1) is 0 Å². The molecule has 0 radical (unpaired) electrons. The standard InChI is InChI=1S/C15H17N3O4S/c1-22-13-9-18(12-5-3-2-4-6-12)17-14(13)15(19)16-11-7-8-23(20,21)10-11/h2-6,9,11H,7-8,10H2,1H3,(H,16,19)/t11-/m0/s1. The van der Waals surface area contributed by atoms with E-state index in [1.165, 1.54) is 7.11 Å². The molecule has 0 bridgehead atoms. The van der Waals surface area contributed by atoms with Gasteiger partial charge in [-0.25, -0.2) is 13.1 Å². The second-order valence-corrected chi connectivity index (χ2v) is 7.63. The molecule has 1 aliphatic heterocycles. The summed E-state index contributed by atoms with van der Waals surface area (Å²) in [7, 11) is -1.59. The number of hydrogen-bond donors (Lipinski definition) is 1. The van der Waals surface area contributed by atoms with Gasteiger partial charge in [0.2, 0.25) is 0 Å². The maximum absolute atomic E-state index is 12.4. The summed E-state index contributed by atoms with van der Waals surface area (Å²) < 4.78 is 29.7. The summed E-state index contributed by atoms with van der Waals surface area (Å²) in [5.74, 6) is -0.0144. The Bertz CT molecular complexity index is 815. The van der Waals surface area contributed by atoms with Crippen molar-refractivity contribution in [3.05, 3.63) is 42.2 Å². The minimum Gasteiger partial charge on any atom is -0.493 e. The molecule has 0 spiro atoms. The van der Waals surface area contributed by atoms with Crippen molar-refractivity contribution in [1.29, 1.82) is 0 Å². The van der Waals surface area contributed by atoms with Crippen molar-refractivity contribution in [3.8, 4) is 11.4 Å². The number of aromatic nitrogens is 2. The number of carbonyl (C=O) groups excluding carboxylic acids is 1. The number of hydrogen-bond acceptors (Lipinski definition) is 5. The molecule has 0 unspecified atom stereocenters. The van der Waals surface area contributed by atoms with Gasteiger partial charge in [-0.1, -0.05) is 18.2 Å². The fourth-order valence-electron chi connectivity index (χ4n) is 2.54. The number of benzene rings is 1. The van der Waals surface area contributed by atoms with Gasteiger partial charge in [0.25, 0.3) is 5.91 Å². The summed E-state index contributed by atoms with van der Waals surface area (Å²) in [6, 6.07) is 8.96. The topological polar surface area (TPSA) is 90.3 Å². The third-order valence-electron chi connectivity index (χ3n) is 3.70. The molecule has 1 atom stereocenters. The molecule has 1 amide bonds. The van der Waals surface area contributed by atoms with Crippen LogP contribution in [0.5, 0.6) is 5.75 Å². The number of nitrogens with one attached hydrogen (secondary N) is 1. The minimum absolute atomic E-state index is 0.0273. The van der Waals surface area contributed by atoms with Crippen molar-refractivity contribution in [3.63, 3.8) is 0 Å². The molecular weight excluding hydrogens is 318 g/mol. The SMILES string of the molecule is COc1cn(-c2ccccc2)nc1C(=O)N[C@H]1CCS(=O)(=O)C1. The first kappa shape index (κ1) is 15.5. The Labute approximate surface area is 134 Å². The zero-order valence-electron chi connectivity index (χ0n) is 12.6. The summed E-state index contributed by atoms with van der Waals surface area (Å²) in [6.07, 6.45) is 2.05. The van der Waals surface area contributed by atoms with Crippen molar-refractivity contribution in [1.82, 2.24) is 15.1 Å². The van der Waals surface area contributed by atoms with Crippen LogP contribution in [0.25, 0.3) is 5.69 Å². The number of methoxy groups -OCH3 is 1. The highest BCUT2D eigenvalue weighted by molar-refractivity contribution is 7.91. The smallest absolute Gasteiger partial charge is 0.275 e. The Hall–Kier alpha value is -2.35. The molecule has 1 saturated heterocycles. The molecule has 1 aromatic carbocycles. The summed E-state index contributed by atoms with van der Waals surface area (Å²) in [5.41, 5.74) is 0.939. The molecule has 1 fully saturated rings. The van der Waals surface area contributed by atoms with Crippen LogP contribution in [0.3, 0.4) is 0 Å². The Morgan fingerprint density at radius 1 is 1.35 bits per heavy atom. The number of ether oxygens (including phenoxy) is 1. The van der Waals surface area contributed by atoms with Crippen molar-refractivity contribution in [2.24, 2.45) is 0 Å². The molecular formula is C15H17N3O4S. The highest BCUT2D eigenvalue weighted by atomic mass is 32.2. The van der Waals surface area contributed by atoms with Gasteiger partial charge in [0.05, 0.1) is 30.5 Å². The number of nitrogens with zero attached hydrogens (tertiary/aromatic N) is 2. The second kappa shape index (κ2) is 6.04. The van der Waals surface area contributed by atoms with Gasteiger partial charge >= 0.3 is 0 Å². The van der Waals surface area contributed by atoms with E-state index < -0.39 is 15.7 Å². The predicted octanol–water partition coefficient (Wildman–Crippen LogP) is 0.798. The maximum Gasteiger partial charge on any atom is 0.275 e. The number of para-hydroxylation sites is 1. The van der Waals surface area contributed by atoms with Crippen molar-refractivity contribution in [2.75, 3.05) is 18.6 Å². The number of carbonyl (C=O) groups is 1. The van der Waals surface area contributed by atoms with E-state index in [9.17, 15) is 13.2 Å². The highest BCUT2D eigenvalue weighted by Gasteiger charge is 2.30. The van der Waals surface area contributed by atoms with E-state index in [-0.39, 0.29) is 23.2 Å². The van der Waals surface area contributed by atoms with Crippen LogP contribution in [0.4, 0.5) is 0 Å². The van der Waals surface area contributed by atoms with Crippen LogP contribution in [0.15, 0.2) is 36.5 Å². The molecule has 3 rings (SSSR count). The molecule has 8 heteroatoms. The molecule has 1 aromatic heterocycles. The van der Waals surface area contributed by atoms with Gasteiger partial charge in [-0.2, -0.15) is 5.10 Å². The Morgan fingerprint density at radius 2 is 2.09 bits per heavy atom. The first-order valence-corrected chi connectivity index (χ1v) is 9.01. The Kier molecular flexibility index (Phi) is 4.08. The highest BCUT2D eigenvalue weighted by Crippen LogP contribution is 2.20. The first-order valence-electron chi connectivity index (χ1n) is 7.19. The van der Waals surface area contributed by atoms with Crippen LogP contribution in [-0.4, -0.2) is 48.8 Å². The first-order chi connectivity index (χ1) is 11.0. The molecule has 1 aliphatic rings. The molecule has 0 saturated carbocycles. The molecule has 2 aromatic rings. The van der Waals surface area contributed by atoms with Gasteiger partial charge < -0.3 is 10.1 Å².